The van der Waals surface area contributed by atoms with E-state index in [0.29, 0.717) is 0 Å². The number of aryl methyl sites for hydroxylation is 1. The summed E-state index contributed by atoms with van der Waals surface area (Å²) in [5, 5.41) is 0. The fraction of sp³-hybridized carbons (Fsp3) is 0.0333. The molecule has 0 bridgehead atoms. The van der Waals surface area contributed by atoms with Gasteiger partial charge >= 0.3 is 0 Å². The molecule has 0 amide bonds. The molecule has 0 aliphatic heterocycles. The molecule has 0 saturated heterocycles. The van der Waals surface area contributed by atoms with E-state index < -0.39 is 0 Å². The van der Waals surface area contributed by atoms with Crippen LogP contribution < -0.4 is 0 Å². The SMILES string of the molecule is Cc1ccc(C2=C(c3ccccc3)C(c3ccccc3)=C(c3ccc(Br)cc3)C2=O)cc1. The number of benzene rings is 4. The first-order valence-corrected chi connectivity index (χ1v) is 11.4. The third-order valence-corrected chi connectivity index (χ3v) is 6.33. The molecule has 0 unspecified atom stereocenters. The van der Waals surface area contributed by atoms with Crippen molar-refractivity contribution in [1.82, 2.24) is 0 Å². The number of carbonyl (C=O) groups excluding carboxylic acids is 1. The molecule has 32 heavy (non-hydrogen) atoms. The number of ketones is 1. The van der Waals surface area contributed by atoms with Crippen LogP contribution in [0, 0.1) is 6.92 Å². The highest BCUT2D eigenvalue weighted by molar-refractivity contribution is 9.10. The minimum Gasteiger partial charge on any atom is -0.289 e. The van der Waals surface area contributed by atoms with Gasteiger partial charge in [0.1, 0.15) is 0 Å². The molecule has 1 aliphatic rings. The Morgan fingerprint density at radius 1 is 0.469 bits per heavy atom. The summed E-state index contributed by atoms with van der Waals surface area (Å²) in [6.07, 6.45) is 0. The van der Waals surface area contributed by atoms with Gasteiger partial charge in [0.05, 0.1) is 0 Å². The first-order chi connectivity index (χ1) is 15.6. The van der Waals surface area contributed by atoms with Gasteiger partial charge in [0.25, 0.3) is 0 Å². The minimum absolute atomic E-state index is 0.0638. The number of allylic oxidation sites excluding steroid dienone is 4. The number of rotatable bonds is 4. The van der Waals surface area contributed by atoms with Crippen LogP contribution >= 0.6 is 15.9 Å². The number of Topliss-reactive ketones (excluding diaryl/α,β-unsaturated/α-hetero) is 1. The van der Waals surface area contributed by atoms with Crippen molar-refractivity contribution >= 4 is 44.0 Å². The molecule has 1 aliphatic carbocycles. The topological polar surface area (TPSA) is 17.1 Å². The number of hydrogen-bond donors (Lipinski definition) is 0. The molecule has 0 radical (unpaired) electrons. The Morgan fingerprint density at radius 3 is 1.28 bits per heavy atom. The van der Waals surface area contributed by atoms with E-state index in [4.69, 9.17) is 0 Å². The monoisotopic (exact) mass is 476 g/mol. The highest BCUT2D eigenvalue weighted by Gasteiger charge is 2.35. The molecule has 0 heterocycles. The first-order valence-electron chi connectivity index (χ1n) is 10.6. The third kappa shape index (κ3) is 3.68. The molecule has 5 rings (SSSR count). The van der Waals surface area contributed by atoms with Gasteiger partial charge in [0, 0.05) is 26.8 Å². The van der Waals surface area contributed by atoms with Gasteiger partial charge in [-0.3, -0.25) is 4.79 Å². The molecule has 0 spiro atoms. The van der Waals surface area contributed by atoms with E-state index in [9.17, 15) is 4.79 Å². The Balaban J connectivity index is 1.86. The van der Waals surface area contributed by atoms with Crippen molar-refractivity contribution in [2.75, 3.05) is 0 Å². The summed E-state index contributed by atoms with van der Waals surface area (Å²) >= 11 is 3.52. The second-order valence-electron chi connectivity index (χ2n) is 7.93. The molecule has 154 valence electrons. The van der Waals surface area contributed by atoms with Gasteiger partial charge in [-0.15, -0.1) is 0 Å². The lowest BCUT2D eigenvalue weighted by molar-refractivity contribution is -0.108. The van der Waals surface area contributed by atoms with Crippen LogP contribution in [0.5, 0.6) is 0 Å². The molecular formula is C30H21BrO. The van der Waals surface area contributed by atoms with Gasteiger partial charge in [0.2, 0.25) is 0 Å². The molecule has 0 aromatic heterocycles. The molecule has 1 nitrogen and oxygen atoms in total. The van der Waals surface area contributed by atoms with Crippen LogP contribution in [-0.2, 0) is 4.79 Å². The third-order valence-electron chi connectivity index (χ3n) is 5.80. The maximum atomic E-state index is 14.1. The Labute approximate surface area is 196 Å². The van der Waals surface area contributed by atoms with Gasteiger partial charge in [-0.25, -0.2) is 0 Å². The predicted molar refractivity (Wildman–Crippen MR) is 137 cm³/mol. The summed E-state index contributed by atoms with van der Waals surface area (Å²) in [4.78, 5) is 14.1. The van der Waals surface area contributed by atoms with Crippen molar-refractivity contribution in [2.24, 2.45) is 0 Å². The lowest BCUT2D eigenvalue weighted by Crippen LogP contribution is -2.02. The maximum absolute atomic E-state index is 14.1. The number of carbonyl (C=O) groups is 1. The average molecular weight is 477 g/mol. The van der Waals surface area contributed by atoms with E-state index in [0.717, 1.165) is 49.0 Å². The summed E-state index contributed by atoms with van der Waals surface area (Å²) in [7, 11) is 0. The second-order valence-corrected chi connectivity index (χ2v) is 8.85. The van der Waals surface area contributed by atoms with Gasteiger partial charge < -0.3 is 0 Å². The highest BCUT2D eigenvalue weighted by Crippen LogP contribution is 2.49. The summed E-state index contributed by atoms with van der Waals surface area (Å²) in [5.74, 6) is 0.0638. The summed E-state index contributed by atoms with van der Waals surface area (Å²) in [6, 6.07) is 36.7. The van der Waals surface area contributed by atoms with Gasteiger partial charge in [0.15, 0.2) is 5.78 Å². The van der Waals surface area contributed by atoms with Crippen molar-refractivity contribution in [1.29, 1.82) is 0 Å². The van der Waals surface area contributed by atoms with Gasteiger partial charge in [-0.1, -0.05) is 119 Å². The van der Waals surface area contributed by atoms with Crippen molar-refractivity contribution in [2.45, 2.75) is 6.92 Å². The fourth-order valence-electron chi connectivity index (χ4n) is 4.28. The molecule has 4 aromatic carbocycles. The van der Waals surface area contributed by atoms with E-state index in [1.165, 1.54) is 5.56 Å². The van der Waals surface area contributed by atoms with E-state index in [1.807, 2.05) is 60.7 Å². The second kappa shape index (κ2) is 8.57. The highest BCUT2D eigenvalue weighted by atomic mass is 79.9. The average Bonchev–Trinajstić information content (AvgIpc) is 3.14. The van der Waals surface area contributed by atoms with Crippen LogP contribution in [0.25, 0.3) is 22.3 Å². The molecule has 0 saturated carbocycles. The molecule has 0 fully saturated rings. The van der Waals surface area contributed by atoms with Crippen molar-refractivity contribution in [3.05, 3.63) is 141 Å². The summed E-state index contributed by atoms with van der Waals surface area (Å²) < 4.78 is 0.989. The zero-order valence-electron chi connectivity index (χ0n) is 17.7. The Morgan fingerprint density at radius 2 is 0.844 bits per heavy atom. The fourth-order valence-corrected chi connectivity index (χ4v) is 4.54. The molecule has 4 aromatic rings. The van der Waals surface area contributed by atoms with Gasteiger partial charge in [-0.2, -0.15) is 0 Å². The van der Waals surface area contributed by atoms with Gasteiger partial charge in [-0.05, 0) is 41.3 Å². The van der Waals surface area contributed by atoms with Crippen molar-refractivity contribution < 1.29 is 4.79 Å². The summed E-state index contributed by atoms with van der Waals surface area (Å²) in [5.41, 5.74) is 8.61. The number of halogens is 1. The predicted octanol–water partition coefficient (Wildman–Crippen LogP) is 7.86. The Bertz CT molecular complexity index is 1240. The molecule has 0 atom stereocenters. The number of hydrogen-bond acceptors (Lipinski definition) is 1. The van der Waals surface area contributed by atoms with Crippen molar-refractivity contribution in [3.8, 4) is 0 Å². The van der Waals surface area contributed by atoms with Crippen LogP contribution in [0.1, 0.15) is 27.8 Å². The van der Waals surface area contributed by atoms with Crippen LogP contribution in [-0.4, -0.2) is 5.78 Å². The first kappa shape index (κ1) is 20.4. The minimum atomic E-state index is 0.0638. The Hall–Kier alpha value is -3.49. The van der Waals surface area contributed by atoms with Crippen LogP contribution in [0.3, 0.4) is 0 Å². The normalized spacial score (nSPS) is 13.8. The van der Waals surface area contributed by atoms with Crippen LogP contribution in [0.4, 0.5) is 0 Å². The summed E-state index contributed by atoms with van der Waals surface area (Å²) in [6.45, 7) is 2.06. The van der Waals surface area contributed by atoms with E-state index >= 15 is 0 Å². The standard InChI is InChI=1S/C30H21BrO/c1-20-12-14-23(15-13-20)28-26(21-8-4-2-5-9-21)27(22-10-6-3-7-11-22)29(30(28)32)24-16-18-25(31)19-17-24/h2-19H,1H3. The molecular weight excluding hydrogens is 456 g/mol. The van der Waals surface area contributed by atoms with Crippen molar-refractivity contribution in [3.63, 3.8) is 0 Å². The lowest BCUT2D eigenvalue weighted by Gasteiger charge is -2.13. The molecule has 2 heteroatoms. The smallest absolute Gasteiger partial charge is 0.195 e. The lowest BCUT2D eigenvalue weighted by atomic mass is 9.89. The Kier molecular flexibility index (Phi) is 5.46. The molecule has 0 N–H and O–H groups in total. The quantitative estimate of drug-likeness (QED) is 0.292. The zero-order chi connectivity index (χ0) is 22.1. The van der Waals surface area contributed by atoms with E-state index in [2.05, 4.69) is 71.4 Å². The largest absolute Gasteiger partial charge is 0.289 e. The maximum Gasteiger partial charge on any atom is 0.195 e. The van der Waals surface area contributed by atoms with E-state index in [-0.39, 0.29) is 5.78 Å². The zero-order valence-corrected chi connectivity index (χ0v) is 19.3. The van der Waals surface area contributed by atoms with Crippen LogP contribution in [0.15, 0.2) is 114 Å². The van der Waals surface area contributed by atoms with E-state index in [1.54, 1.807) is 0 Å². The van der Waals surface area contributed by atoms with Crippen LogP contribution in [0.2, 0.25) is 0 Å².